The molecule has 1 rings (SSSR count). The van der Waals surface area contributed by atoms with Crippen LogP contribution in [0.25, 0.3) is 0 Å². The summed E-state index contributed by atoms with van der Waals surface area (Å²) in [5.74, 6) is 1.25. The Balaban J connectivity index is 2.65. The zero-order valence-corrected chi connectivity index (χ0v) is 12.4. The zero-order chi connectivity index (χ0) is 13.8. The minimum Gasteiger partial charge on any atom is -0.464 e. The van der Waals surface area contributed by atoms with Gasteiger partial charge in [0.2, 0.25) is 0 Å². The third-order valence-electron chi connectivity index (χ3n) is 2.71. The fourth-order valence-corrected chi connectivity index (χ4v) is 2.35. The van der Waals surface area contributed by atoms with Crippen LogP contribution >= 0.6 is 0 Å². The van der Waals surface area contributed by atoms with Crippen LogP contribution in [0.4, 0.5) is 0 Å². The minimum absolute atomic E-state index is 0.0374. The predicted octanol–water partition coefficient (Wildman–Crippen LogP) is 2.49. The molecule has 1 aromatic heterocycles. The summed E-state index contributed by atoms with van der Waals surface area (Å²) in [6.07, 6.45) is 1.06. The molecular formula is C13H23NO3S. The van der Waals surface area contributed by atoms with Crippen LogP contribution in [0.1, 0.15) is 45.6 Å². The van der Waals surface area contributed by atoms with E-state index in [1.165, 1.54) is 0 Å². The van der Waals surface area contributed by atoms with E-state index in [4.69, 9.17) is 4.42 Å². The largest absolute Gasteiger partial charge is 0.464 e. The van der Waals surface area contributed by atoms with Gasteiger partial charge in [-0.25, -0.2) is 8.42 Å². The van der Waals surface area contributed by atoms with Gasteiger partial charge in [-0.3, -0.25) is 0 Å². The van der Waals surface area contributed by atoms with Crippen LogP contribution in [0.2, 0.25) is 0 Å². The Bertz CT molecular complexity index is 469. The van der Waals surface area contributed by atoms with Gasteiger partial charge in [0.05, 0.1) is 11.3 Å². The van der Waals surface area contributed by atoms with Gasteiger partial charge in [0, 0.05) is 0 Å². The van der Waals surface area contributed by atoms with Crippen molar-refractivity contribution < 1.29 is 12.8 Å². The van der Waals surface area contributed by atoms with Gasteiger partial charge < -0.3 is 9.73 Å². The standard InChI is InChI=1S/C13H23NO3S/c1-5-8-14-9-11-6-7-12(17-11)10-18(15,16)13(2,3)4/h6-7,14H,5,8-10H2,1-4H3. The third-order valence-corrected chi connectivity index (χ3v) is 5.24. The summed E-state index contributed by atoms with van der Waals surface area (Å²) in [5.41, 5.74) is 0. The molecule has 5 heteroatoms. The highest BCUT2D eigenvalue weighted by Gasteiger charge is 2.30. The Morgan fingerprint density at radius 1 is 1.22 bits per heavy atom. The summed E-state index contributed by atoms with van der Waals surface area (Å²) in [6.45, 7) is 8.77. The summed E-state index contributed by atoms with van der Waals surface area (Å²) in [4.78, 5) is 0. The van der Waals surface area contributed by atoms with E-state index in [9.17, 15) is 8.42 Å². The average Bonchev–Trinajstić information content (AvgIpc) is 2.63. The molecule has 1 heterocycles. The van der Waals surface area contributed by atoms with Gasteiger partial charge in [-0.1, -0.05) is 6.92 Å². The van der Waals surface area contributed by atoms with Gasteiger partial charge in [0.15, 0.2) is 9.84 Å². The van der Waals surface area contributed by atoms with E-state index in [0.717, 1.165) is 18.7 Å². The van der Waals surface area contributed by atoms with Crippen LogP contribution < -0.4 is 5.32 Å². The van der Waals surface area contributed by atoms with E-state index in [0.29, 0.717) is 12.3 Å². The first kappa shape index (κ1) is 15.2. The molecule has 0 aliphatic carbocycles. The normalized spacial score (nSPS) is 12.9. The summed E-state index contributed by atoms with van der Waals surface area (Å²) >= 11 is 0. The Morgan fingerprint density at radius 3 is 2.39 bits per heavy atom. The first-order valence-corrected chi connectivity index (χ1v) is 7.92. The highest BCUT2D eigenvalue weighted by atomic mass is 32.2. The molecule has 0 atom stereocenters. The molecule has 4 nitrogen and oxygen atoms in total. The van der Waals surface area contributed by atoms with Gasteiger partial charge >= 0.3 is 0 Å². The van der Waals surface area contributed by atoms with E-state index in [2.05, 4.69) is 12.2 Å². The Kier molecular flexibility index (Phi) is 4.99. The second-order valence-electron chi connectivity index (χ2n) is 5.42. The topological polar surface area (TPSA) is 59.3 Å². The van der Waals surface area contributed by atoms with Crippen LogP contribution in [0.5, 0.6) is 0 Å². The molecule has 0 amide bonds. The van der Waals surface area contributed by atoms with Crippen LogP contribution in [-0.2, 0) is 22.1 Å². The lowest BCUT2D eigenvalue weighted by Crippen LogP contribution is -2.29. The molecule has 0 saturated carbocycles. The highest BCUT2D eigenvalue weighted by molar-refractivity contribution is 7.91. The molecular weight excluding hydrogens is 250 g/mol. The quantitative estimate of drug-likeness (QED) is 0.809. The van der Waals surface area contributed by atoms with Crippen molar-refractivity contribution in [2.24, 2.45) is 0 Å². The van der Waals surface area contributed by atoms with E-state index in [-0.39, 0.29) is 5.75 Å². The smallest absolute Gasteiger partial charge is 0.162 e. The Morgan fingerprint density at radius 2 is 1.83 bits per heavy atom. The fourth-order valence-electron chi connectivity index (χ4n) is 1.39. The number of sulfone groups is 1. The van der Waals surface area contributed by atoms with Gasteiger partial charge in [-0.15, -0.1) is 0 Å². The lowest BCUT2D eigenvalue weighted by atomic mass is 10.3. The zero-order valence-electron chi connectivity index (χ0n) is 11.6. The molecule has 0 aromatic carbocycles. The second-order valence-corrected chi connectivity index (χ2v) is 8.16. The van der Waals surface area contributed by atoms with Crippen molar-refractivity contribution in [3.63, 3.8) is 0 Å². The van der Waals surface area contributed by atoms with Crippen molar-refractivity contribution in [3.8, 4) is 0 Å². The van der Waals surface area contributed by atoms with E-state index < -0.39 is 14.6 Å². The van der Waals surface area contributed by atoms with Crippen LogP contribution in [-0.4, -0.2) is 19.7 Å². The molecule has 0 fully saturated rings. The van der Waals surface area contributed by atoms with Crippen molar-refractivity contribution in [3.05, 3.63) is 23.7 Å². The lowest BCUT2D eigenvalue weighted by molar-refractivity contribution is 0.454. The maximum absolute atomic E-state index is 12.0. The van der Waals surface area contributed by atoms with E-state index >= 15 is 0 Å². The monoisotopic (exact) mass is 273 g/mol. The first-order valence-electron chi connectivity index (χ1n) is 6.27. The number of hydrogen-bond donors (Lipinski definition) is 1. The molecule has 0 aliphatic rings. The van der Waals surface area contributed by atoms with Crippen molar-refractivity contribution >= 4 is 9.84 Å². The molecule has 0 radical (unpaired) electrons. The number of furan rings is 1. The minimum atomic E-state index is -3.18. The number of rotatable bonds is 6. The summed E-state index contributed by atoms with van der Waals surface area (Å²) in [5, 5.41) is 3.21. The maximum atomic E-state index is 12.0. The van der Waals surface area contributed by atoms with Crippen molar-refractivity contribution in [2.45, 2.75) is 51.2 Å². The molecule has 0 spiro atoms. The molecule has 18 heavy (non-hydrogen) atoms. The molecule has 1 aromatic rings. The molecule has 0 unspecified atom stereocenters. The lowest BCUT2D eigenvalue weighted by Gasteiger charge is -2.17. The summed E-state index contributed by atoms with van der Waals surface area (Å²) in [6, 6.07) is 3.57. The van der Waals surface area contributed by atoms with E-state index in [1.54, 1.807) is 26.8 Å². The van der Waals surface area contributed by atoms with Gasteiger partial charge in [0.1, 0.15) is 17.3 Å². The summed E-state index contributed by atoms with van der Waals surface area (Å²) < 4.78 is 28.8. The van der Waals surface area contributed by atoms with E-state index in [1.807, 2.05) is 6.07 Å². The molecule has 0 bridgehead atoms. The molecule has 0 saturated heterocycles. The molecule has 1 N–H and O–H groups in total. The Hall–Kier alpha value is -0.810. The third kappa shape index (κ3) is 4.14. The SMILES string of the molecule is CCCNCc1ccc(CS(=O)(=O)C(C)(C)C)o1. The molecule has 0 aliphatic heterocycles. The van der Waals surface area contributed by atoms with Crippen LogP contribution in [0.3, 0.4) is 0 Å². The predicted molar refractivity (Wildman–Crippen MR) is 73.1 cm³/mol. The number of nitrogens with one attached hydrogen (secondary N) is 1. The highest BCUT2D eigenvalue weighted by Crippen LogP contribution is 2.21. The van der Waals surface area contributed by atoms with Crippen LogP contribution in [0.15, 0.2) is 16.5 Å². The second kappa shape index (κ2) is 5.89. The fraction of sp³-hybridized carbons (Fsp3) is 0.692. The summed E-state index contributed by atoms with van der Waals surface area (Å²) in [7, 11) is -3.18. The average molecular weight is 273 g/mol. The van der Waals surface area contributed by atoms with Crippen molar-refractivity contribution in [1.29, 1.82) is 0 Å². The van der Waals surface area contributed by atoms with Crippen molar-refractivity contribution in [1.82, 2.24) is 5.32 Å². The van der Waals surface area contributed by atoms with Gasteiger partial charge in [-0.05, 0) is 45.9 Å². The number of hydrogen-bond acceptors (Lipinski definition) is 4. The van der Waals surface area contributed by atoms with Crippen LogP contribution in [0, 0.1) is 0 Å². The van der Waals surface area contributed by atoms with Crippen molar-refractivity contribution in [2.75, 3.05) is 6.54 Å². The Labute approximate surface area is 110 Å². The first-order chi connectivity index (χ1) is 8.26. The maximum Gasteiger partial charge on any atom is 0.162 e. The molecule has 104 valence electrons. The van der Waals surface area contributed by atoms with Gasteiger partial charge in [-0.2, -0.15) is 0 Å². The van der Waals surface area contributed by atoms with Gasteiger partial charge in [0.25, 0.3) is 0 Å².